The average Bonchev–Trinajstić information content (AvgIpc) is 1.62. The standard InChI is InChI=1S/C69H98N2O27S5/c1-6-16-53-47-52(68(2,24-15-46-99(74,75)76)66-58-48-54(100(77,78)79)50-62(102(83,84)85)56(58)20-22-60(66)70(53)27-29-92-35-37-96-42-43-98-45-44-97-41-39-94-33-31-90-5)17-11-8-7-9-12-18-64-69(3,25-28-91-34-36-95-40-38-93-32-30-89-4)67-59-49-55(101(80,81)82)51-63(103(86,87)88)57(59)21-23-61(67)71(64)26-14-10-13-19-65(72)73/h7-9,11-12,17-18,20-23,47-51,53H,6,10,13-16,19,24-46H2,1-5H3,(H,72,73)(H,74,75,76)(H,77,78,79)(H,80,81,82)(H,83,84,85)(H,86,87,88)/b8-7+,12-9+,17-11+,64-18+. The third-order valence-corrected chi connectivity index (χ3v) is 21.7. The molecule has 0 saturated heterocycles. The van der Waals surface area contributed by atoms with Crippen molar-refractivity contribution < 1.29 is 122 Å². The number of ether oxygens (including phenoxy) is 10. The second kappa shape index (κ2) is 40.9. The van der Waals surface area contributed by atoms with Crippen LogP contribution in [0.25, 0.3) is 21.5 Å². The summed E-state index contributed by atoms with van der Waals surface area (Å²) in [5.41, 5.74) is 0.343. The number of fused-ring (bicyclic) bond motifs is 6. The van der Waals surface area contributed by atoms with E-state index >= 15 is 0 Å². The van der Waals surface area contributed by atoms with E-state index in [1.54, 1.807) is 69.7 Å². The first-order chi connectivity index (χ1) is 48.8. The summed E-state index contributed by atoms with van der Waals surface area (Å²) >= 11 is 0. The highest BCUT2D eigenvalue weighted by atomic mass is 32.2. The fourth-order valence-electron chi connectivity index (χ4n) is 12.6. The molecule has 0 aromatic heterocycles. The summed E-state index contributed by atoms with van der Waals surface area (Å²) in [6.07, 6.45) is 16.4. The van der Waals surface area contributed by atoms with E-state index in [2.05, 4.69) is 0 Å². The number of methoxy groups -OCH3 is 2. The number of carbonyl (C=O) groups is 1. The Morgan fingerprint density at radius 3 is 1.39 bits per heavy atom. The quantitative estimate of drug-likeness (QED) is 0.0137. The number of aliphatic carboxylic acids is 1. The predicted molar refractivity (Wildman–Crippen MR) is 386 cm³/mol. The zero-order valence-corrected chi connectivity index (χ0v) is 62.8. The maximum Gasteiger partial charge on any atom is 0.303 e. The zero-order chi connectivity index (χ0) is 75.5. The van der Waals surface area contributed by atoms with Crippen LogP contribution in [0.15, 0.2) is 128 Å². The smallest absolute Gasteiger partial charge is 0.303 e. The third kappa shape index (κ3) is 25.8. The molecule has 3 unspecified atom stereocenters. The molecule has 3 atom stereocenters. The molecule has 4 aromatic rings. The van der Waals surface area contributed by atoms with Gasteiger partial charge in [-0.05, 0) is 115 Å². The highest BCUT2D eigenvalue weighted by Crippen LogP contribution is 2.54. The van der Waals surface area contributed by atoms with Crippen LogP contribution in [0.5, 0.6) is 0 Å². The molecule has 0 spiro atoms. The van der Waals surface area contributed by atoms with Gasteiger partial charge in [0.2, 0.25) is 0 Å². The molecule has 6 rings (SSSR count). The van der Waals surface area contributed by atoms with Gasteiger partial charge in [-0.25, -0.2) is 0 Å². The monoisotopic (exact) mass is 1550 g/mol. The Labute approximate surface area is 604 Å². The van der Waals surface area contributed by atoms with Gasteiger partial charge < -0.3 is 62.3 Å². The molecule has 2 aliphatic heterocycles. The molecule has 103 heavy (non-hydrogen) atoms. The second-order valence-electron chi connectivity index (χ2n) is 24.7. The molecule has 34 heteroatoms. The lowest BCUT2D eigenvalue weighted by Crippen LogP contribution is -2.37. The lowest BCUT2D eigenvalue weighted by Gasteiger charge is -2.36. The van der Waals surface area contributed by atoms with Gasteiger partial charge in [0.15, 0.2) is 0 Å². The van der Waals surface area contributed by atoms with Crippen LogP contribution in [0.1, 0.15) is 89.7 Å². The van der Waals surface area contributed by atoms with E-state index in [0.717, 1.165) is 12.1 Å². The molecule has 0 saturated carbocycles. The van der Waals surface area contributed by atoms with E-state index in [4.69, 9.17) is 47.4 Å². The van der Waals surface area contributed by atoms with Crippen molar-refractivity contribution in [3.63, 3.8) is 0 Å². The molecule has 2 heterocycles. The number of carboxylic acids is 1. The van der Waals surface area contributed by atoms with Gasteiger partial charge in [0.1, 0.15) is 9.79 Å². The number of benzene rings is 4. The van der Waals surface area contributed by atoms with E-state index in [-0.39, 0.29) is 107 Å². The van der Waals surface area contributed by atoms with Gasteiger partial charge in [0.25, 0.3) is 50.6 Å². The van der Waals surface area contributed by atoms with Gasteiger partial charge in [0.05, 0.1) is 128 Å². The first-order valence-corrected chi connectivity index (χ1v) is 41.1. The van der Waals surface area contributed by atoms with E-state index in [0.29, 0.717) is 151 Å². The lowest BCUT2D eigenvalue weighted by molar-refractivity contribution is -0.137. The summed E-state index contributed by atoms with van der Waals surface area (Å²) in [5.74, 6) is -1.67. The maximum atomic E-state index is 13.2. The molecule has 0 fully saturated rings. The van der Waals surface area contributed by atoms with Crippen molar-refractivity contribution >= 4 is 89.5 Å². The Morgan fingerprint density at radius 1 is 0.485 bits per heavy atom. The number of carboxylic acid groups (broad SMARTS) is 1. The van der Waals surface area contributed by atoms with Crippen molar-refractivity contribution in [1.29, 1.82) is 0 Å². The summed E-state index contributed by atoms with van der Waals surface area (Å²) in [6.45, 7) is 11.5. The van der Waals surface area contributed by atoms with E-state index in [1.165, 1.54) is 12.1 Å². The molecule has 576 valence electrons. The molecule has 0 radical (unpaired) electrons. The van der Waals surface area contributed by atoms with E-state index in [1.807, 2.05) is 35.8 Å². The number of rotatable bonds is 50. The molecule has 0 amide bonds. The summed E-state index contributed by atoms with van der Waals surface area (Å²) < 4.78 is 237. The minimum absolute atomic E-state index is 0.0186. The maximum absolute atomic E-state index is 13.2. The summed E-state index contributed by atoms with van der Waals surface area (Å²) in [5, 5.41) is 9.36. The third-order valence-electron chi connectivity index (χ3n) is 17.4. The van der Waals surface area contributed by atoms with Crippen molar-refractivity contribution in [3.05, 3.63) is 120 Å². The number of hydrogen-bond acceptors (Lipinski definition) is 23. The SMILES string of the molecule is CCCC1C=C(/C=C/C=C/C=C/C=C2/N(CCCCCC(=O)O)c3ccc4c(S(=O)(=O)O)cc(S(=O)(=O)O)cc4c3C2(C)CCOCCOCCOCCOC)C(C)(CCCS(=O)(=O)O)c2c(ccc3c(S(=O)(=O)O)cc(S(=O)(=O)O)cc23)N1CCOCCOCCOCCOCCOCCOC. The summed E-state index contributed by atoms with van der Waals surface area (Å²) in [7, 11) is -22.0. The minimum Gasteiger partial charge on any atom is -0.481 e. The van der Waals surface area contributed by atoms with Gasteiger partial charge >= 0.3 is 5.97 Å². The molecule has 6 N–H and O–H groups in total. The molecule has 2 aliphatic rings. The Bertz CT molecular complexity index is 4220. The van der Waals surface area contributed by atoms with Crippen LogP contribution >= 0.6 is 0 Å². The first-order valence-electron chi connectivity index (χ1n) is 33.7. The van der Waals surface area contributed by atoms with Crippen LogP contribution in [-0.4, -0.2) is 234 Å². The van der Waals surface area contributed by atoms with Crippen molar-refractivity contribution in [2.75, 3.05) is 162 Å². The average molecular weight is 1550 g/mol. The van der Waals surface area contributed by atoms with Crippen molar-refractivity contribution in [1.82, 2.24) is 0 Å². The van der Waals surface area contributed by atoms with Crippen LogP contribution < -0.4 is 9.80 Å². The Hall–Kier alpha value is -5.68. The highest BCUT2D eigenvalue weighted by molar-refractivity contribution is 7.87. The van der Waals surface area contributed by atoms with E-state index in [9.17, 15) is 74.8 Å². The first kappa shape index (κ1) is 86.2. The Morgan fingerprint density at radius 2 is 0.932 bits per heavy atom. The summed E-state index contributed by atoms with van der Waals surface area (Å²) in [6, 6.07) is 9.23. The lowest BCUT2D eigenvalue weighted by atomic mass is 9.70. The van der Waals surface area contributed by atoms with Crippen LogP contribution in [0.3, 0.4) is 0 Å². The Balaban J connectivity index is 1.41. The van der Waals surface area contributed by atoms with Gasteiger partial charge in [-0.1, -0.05) is 81.4 Å². The minimum atomic E-state index is -5.20. The molecule has 0 bridgehead atoms. The molecule has 0 aliphatic carbocycles. The topological polar surface area (TPSA) is 408 Å². The van der Waals surface area contributed by atoms with Crippen LogP contribution in [0.2, 0.25) is 0 Å². The molecular formula is C69H98N2O27S5. The largest absolute Gasteiger partial charge is 0.481 e. The molecule has 4 aromatic carbocycles. The van der Waals surface area contributed by atoms with Crippen LogP contribution in [0.4, 0.5) is 11.4 Å². The highest BCUT2D eigenvalue weighted by Gasteiger charge is 2.46. The van der Waals surface area contributed by atoms with Crippen molar-refractivity contribution in [3.8, 4) is 0 Å². The van der Waals surface area contributed by atoms with Crippen molar-refractivity contribution in [2.24, 2.45) is 0 Å². The zero-order valence-electron chi connectivity index (χ0n) is 58.7. The van der Waals surface area contributed by atoms with Gasteiger partial charge in [-0.3, -0.25) is 27.6 Å². The number of nitrogens with zero attached hydrogens (tertiary/aromatic N) is 2. The van der Waals surface area contributed by atoms with E-state index < -0.39 is 98.8 Å². The van der Waals surface area contributed by atoms with Gasteiger partial charge in [-0.15, -0.1) is 0 Å². The summed E-state index contributed by atoms with van der Waals surface area (Å²) in [4.78, 5) is 12.3. The molecule has 29 nitrogen and oxygen atoms in total. The number of anilines is 2. The van der Waals surface area contributed by atoms with Crippen molar-refractivity contribution in [2.45, 2.75) is 115 Å². The van der Waals surface area contributed by atoms with Crippen LogP contribution in [-0.2, 0) is 114 Å². The molecular weight excluding hydrogens is 1450 g/mol. The van der Waals surface area contributed by atoms with Gasteiger partial charge in [-0.2, -0.15) is 42.1 Å². The second-order valence-corrected chi connectivity index (χ2v) is 31.9. The number of hydrogen-bond donors (Lipinski definition) is 6. The number of unbranched alkanes of at least 4 members (excludes halogenated alkanes) is 2. The normalized spacial score (nSPS) is 18.2. The van der Waals surface area contributed by atoms with Gasteiger partial charge in [0, 0.05) is 85.1 Å². The fourth-order valence-corrected chi connectivity index (χ4v) is 15.8. The Kier molecular flexibility index (Phi) is 34.2. The van der Waals surface area contributed by atoms with Crippen LogP contribution in [0, 0.1) is 0 Å². The number of allylic oxidation sites excluding steroid dienone is 9. The predicted octanol–water partition coefficient (Wildman–Crippen LogP) is 8.61. The fraction of sp³-hybridized carbons (Fsp3) is 0.551.